The molecule has 5 nitrogen and oxygen atoms in total. The van der Waals surface area contributed by atoms with E-state index in [-0.39, 0.29) is 56.7 Å². The predicted octanol–water partition coefficient (Wildman–Crippen LogP) is 0.726. The van der Waals surface area contributed by atoms with Crippen molar-refractivity contribution in [3.63, 3.8) is 0 Å². The summed E-state index contributed by atoms with van der Waals surface area (Å²) in [6, 6.07) is 7.28. The van der Waals surface area contributed by atoms with Gasteiger partial charge in [-0.2, -0.15) is 8.42 Å². The number of rotatable bonds is 1. The maximum absolute atomic E-state index is 11.1. The van der Waals surface area contributed by atoms with E-state index in [0.29, 0.717) is 0 Å². The van der Waals surface area contributed by atoms with Crippen LogP contribution in [0.2, 0.25) is 0 Å². The quantitative estimate of drug-likeness (QED) is 0.305. The topological polar surface area (TPSA) is 101 Å². The Labute approximate surface area is 120 Å². The van der Waals surface area contributed by atoms with E-state index in [1.807, 2.05) is 0 Å². The van der Waals surface area contributed by atoms with Crippen LogP contribution in [0.5, 0.6) is 5.75 Å². The molecule has 2 aromatic carbocycles. The maximum atomic E-state index is 11.1. The zero-order valence-electron chi connectivity index (χ0n) is 8.08. The molecule has 0 unspecified atom stereocenters. The van der Waals surface area contributed by atoms with Crippen LogP contribution in [-0.2, 0) is 10.1 Å². The monoisotopic (exact) mass is 263 g/mol. The zero-order valence-corrected chi connectivity index (χ0v) is 8.90. The number of anilines is 1. The molecule has 4 N–H and O–H groups in total. The van der Waals surface area contributed by atoms with Gasteiger partial charge >= 0.3 is 29.6 Å². The molecule has 0 fully saturated rings. The second kappa shape index (κ2) is 4.83. The van der Waals surface area contributed by atoms with E-state index in [1.165, 1.54) is 12.1 Å². The first-order valence-corrected chi connectivity index (χ1v) is 5.83. The normalized spacial score (nSPS) is 11.1. The number of fused-ring (bicyclic) bond motifs is 1. The number of aromatic hydroxyl groups is 1. The van der Waals surface area contributed by atoms with Crippen LogP contribution in [0, 0.1) is 0 Å². The van der Waals surface area contributed by atoms with Crippen molar-refractivity contribution in [1.29, 1.82) is 0 Å². The molecule has 0 aliphatic rings. The second-order valence-electron chi connectivity index (χ2n) is 3.33. The van der Waals surface area contributed by atoms with Gasteiger partial charge in [-0.3, -0.25) is 4.55 Å². The molecule has 17 heavy (non-hydrogen) atoms. The Bertz CT molecular complexity index is 669. The Morgan fingerprint density at radius 1 is 1.12 bits per heavy atom. The summed E-state index contributed by atoms with van der Waals surface area (Å²) in [4.78, 5) is -0.307. The standard InChI is InChI=1S/C10H9NO4S.Na.H/c11-8-5-9(16(13,14)15)6-3-1-2-4-7(6)10(8)12;;/h1-5,12H,11H2,(H,13,14,15);;. The van der Waals surface area contributed by atoms with Crippen LogP contribution < -0.4 is 5.73 Å². The first kappa shape index (κ1) is 14.3. The first-order valence-electron chi connectivity index (χ1n) is 4.39. The van der Waals surface area contributed by atoms with Crippen LogP contribution in [0.15, 0.2) is 35.2 Å². The Kier molecular flexibility index (Phi) is 4.06. The number of hydrogen-bond donors (Lipinski definition) is 3. The number of nitrogens with two attached hydrogens (primary N) is 1. The fourth-order valence-corrected chi connectivity index (χ4v) is 2.29. The molecule has 0 bridgehead atoms. The molecule has 2 aromatic rings. The molecule has 0 radical (unpaired) electrons. The molecular weight excluding hydrogens is 253 g/mol. The van der Waals surface area contributed by atoms with Crippen molar-refractivity contribution < 1.29 is 18.1 Å². The number of benzene rings is 2. The Balaban J connectivity index is 0.00000144. The van der Waals surface area contributed by atoms with E-state index in [1.54, 1.807) is 12.1 Å². The van der Waals surface area contributed by atoms with Gasteiger partial charge in [-0.05, 0) is 6.07 Å². The third kappa shape index (κ3) is 2.56. The van der Waals surface area contributed by atoms with Crippen molar-refractivity contribution >= 4 is 56.1 Å². The zero-order chi connectivity index (χ0) is 11.9. The van der Waals surface area contributed by atoms with Crippen LogP contribution in [0.25, 0.3) is 10.8 Å². The van der Waals surface area contributed by atoms with E-state index in [0.717, 1.165) is 6.07 Å². The molecule has 0 atom stereocenters. The minimum atomic E-state index is -4.36. The van der Waals surface area contributed by atoms with E-state index in [2.05, 4.69) is 0 Å². The average molecular weight is 263 g/mol. The Morgan fingerprint density at radius 2 is 1.65 bits per heavy atom. The molecule has 0 aliphatic carbocycles. The summed E-state index contributed by atoms with van der Waals surface area (Å²) in [6.45, 7) is 0. The molecule has 0 saturated heterocycles. The third-order valence-electron chi connectivity index (χ3n) is 2.29. The van der Waals surface area contributed by atoms with Crippen LogP contribution in [0.3, 0.4) is 0 Å². The molecule has 0 aromatic heterocycles. The summed E-state index contributed by atoms with van der Waals surface area (Å²) >= 11 is 0. The van der Waals surface area contributed by atoms with E-state index >= 15 is 0 Å². The number of nitrogen functional groups attached to an aromatic ring is 1. The van der Waals surface area contributed by atoms with Gasteiger partial charge in [-0.25, -0.2) is 0 Å². The van der Waals surface area contributed by atoms with Crippen LogP contribution in [-0.4, -0.2) is 47.6 Å². The molecule has 0 aliphatic heterocycles. The van der Waals surface area contributed by atoms with E-state index in [9.17, 15) is 13.5 Å². The van der Waals surface area contributed by atoms with Gasteiger partial charge in [0.15, 0.2) is 0 Å². The summed E-state index contributed by atoms with van der Waals surface area (Å²) in [5.74, 6) is -0.192. The van der Waals surface area contributed by atoms with Gasteiger partial charge in [-0.1, -0.05) is 24.3 Å². The molecule has 0 amide bonds. The number of phenolic OH excluding ortho intramolecular Hbond substituents is 1. The molecule has 2 rings (SSSR count). The van der Waals surface area contributed by atoms with E-state index in [4.69, 9.17) is 10.3 Å². The molecule has 0 heterocycles. The first-order chi connectivity index (χ1) is 7.41. The van der Waals surface area contributed by atoms with Crippen LogP contribution in [0.4, 0.5) is 5.69 Å². The van der Waals surface area contributed by atoms with Crippen LogP contribution >= 0.6 is 0 Å². The third-order valence-corrected chi connectivity index (χ3v) is 3.18. The molecule has 86 valence electrons. The summed E-state index contributed by atoms with van der Waals surface area (Å²) < 4.78 is 31.3. The van der Waals surface area contributed by atoms with Gasteiger partial charge in [0.05, 0.1) is 5.69 Å². The second-order valence-corrected chi connectivity index (χ2v) is 4.72. The van der Waals surface area contributed by atoms with Crippen molar-refractivity contribution in [3.8, 4) is 5.75 Å². The van der Waals surface area contributed by atoms with Crippen molar-refractivity contribution in [3.05, 3.63) is 30.3 Å². The minimum absolute atomic E-state index is 0. The molecule has 7 heteroatoms. The molecular formula is C10H10NNaO4S. The van der Waals surface area contributed by atoms with Gasteiger partial charge < -0.3 is 10.8 Å². The van der Waals surface area contributed by atoms with Crippen molar-refractivity contribution in [1.82, 2.24) is 0 Å². The summed E-state index contributed by atoms with van der Waals surface area (Å²) in [6.07, 6.45) is 0. The Morgan fingerprint density at radius 3 is 2.18 bits per heavy atom. The number of hydrogen-bond acceptors (Lipinski definition) is 4. The fourth-order valence-electron chi connectivity index (χ4n) is 1.56. The van der Waals surface area contributed by atoms with Crippen LogP contribution in [0.1, 0.15) is 0 Å². The Hall–Kier alpha value is -0.790. The van der Waals surface area contributed by atoms with Gasteiger partial charge in [-0.15, -0.1) is 0 Å². The summed E-state index contributed by atoms with van der Waals surface area (Å²) in [5, 5.41) is 10.2. The van der Waals surface area contributed by atoms with Crippen molar-refractivity contribution in [2.24, 2.45) is 0 Å². The van der Waals surface area contributed by atoms with Gasteiger partial charge in [0.2, 0.25) is 0 Å². The van der Waals surface area contributed by atoms with Crippen molar-refractivity contribution in [2.75, 3.05) is 5.73 Å². The van der Waals surface area contributed by atoms with Gasteiger partial charge in [0, 0.05) is 10.8 Å². The summed E-state index contributed by atoms with van der Waals surface area (Å²) in [7, 11) is -4.36. The van der Waals surface area contributed by atoms with E-state index < -0.39 is 10.1 Å². The number of phenols is 1. The van der Waals surface area contributed by atoms with Crippen molar-refractivity contribution in [2.45, 2.75) is 4.90 Å². The van der Waals surface area contributed by atoms with Gasteiger partial charge in [0.1, 0.15) is 10.6 Å². The fraction of sp³-hybridized carbons (Fsp3) is 0. The summed E-state index contributed by atoms with van der Waals surface area (Å²) in [5.41, 5.74) is 5.37. The molecule has 0 saturated carbocycles. The van der Waals surface area contributed by atoms with Gasteiger partial charge in [0.25, 0.3) is 10.1 Å². The SMILES string of the molecule is Nc1cc(S(=O)(=O)O)c2ccccc2c1O.[NaH]. The molecule has 0 spiro atoms. The average Bonchev–Trinajstić information content (AvgIpc) is 2.22. The predicted molar refractivity (Wildman–Crippen MR) is 67.0 cm³/mol.